The summed E-state index contributed by atoms with van der Waals surface area (Å²) in [5.74, 6) is -0.694. The molecule has 4 nitrogen and oxygen atoms in total. The summed E-state index contributed by atoms with van der Waals surface area (Å²) in [6, 6.07) is 4.18. The quantitative estimate of drug-likeness (QED) is 0.581. The molecule has 1 aromatic rings. The average Bonchev–Trinajstić information content (AvgIpc) is 2.73. The van der Waals surface area contributed by atoms with Gasteiger partial charge in [-0.25, -0.2) is 9.59 Å². The molecular weight excluding hydrogens is 292 g/mol. The minimum Gasteiger partial charge on any atom is -0.507 e. The van der Waals surface area contributed by atoms with E-state index in [4.69, 9.17) is 0 Å². The maximum absolute atomic E-state index is 10.4. The molecule has 0 spiro atoms. The number of aryl methyl sites for hydroxylation is 1. The number of esters is 2. The minimum atomic E-state index is -0.579. The number of hydrogen-bond acceptors (Lipinski definition) is 4. The van der Waals surface area contributed by atoms with Gasteiger partial charge in [-0.2, -0.15) is 0 Å². The highest BCUT2D eigenvalue weighted by Crippen LogP contribution is 2.39. The van der Waals surface area contributed by atoms with Crippen molar-refractivity contribution in [2.24, 2.45) is 0 Å². The fraction of sp³-hybridized carbons (Fsp3) is 0.474. The number of cyclic esters (lactones) is 2. The highest BCUT2D eigenvalue weighted by Gasteiger charge is 2.25. The monoisotopic (exact) mass is 318 g/mol. The van der Waals surface area contributed by atoms with Crippen LogP contribution < -0.4 is 0 Å². The lowest BCUT2D eigenvalue weighted by molar-refractivity contribution is -0.150. The van der Waals surface area contributed by atoms with Crippen molar-refractivity contribution in [2.75, 3.05) is 0 Å². The van der Waals surface area contributed by atoms with Crippen molar-refractivity contribution in [3.05, 3.63) is 41.0 Å². The lowest BCUT2D eigenvalue weighted by Crippen LogP contribution is -2.17. The number of carbonyl (C=O) groups is 2. The van der Waals surface area contributed by atoms with Crippen LogP contribution in [-0.2, 0) is 25.2 Å². The molecule has 2 rings (SSSR count). The number of carbonyl (C=O) groups excluding carboxylic acids is 2. The largest absolute Gasteiger partial charge is 0.507 e. The van der Waals surface area contributed by atoms with Crippen LogP contribution in [0.5, 0.6) is 5.75 Å². The molecule has 0 fully saturated rings. The average molecular weight is 318 g/mol. The van der Waals surface area contributed by atoms with Crippen molar-refractivity contribution in [3.8, 4) is 5.75 Å². The summed E-state index contributed by atoms with van der Waals surface area (Å²) >= 11 is 0. The number of ether oxygens (including phenoxy) is 1. The van der Waals surface area contributed by atoms with Crippen molar-refractivity contribution in [1.29, 1.82) is 0 Å². The molecule has 1 aromatic carbocycles. The van der Waals surface area contributed by atoms with Crippen molar-refractivity contribution < 1.29 is 19.4 Å². The molecule has 1 aliphatic heterocycles. The molecular formula is C19H26O4. The van der Waals surface area contributed by atoms with Gasteiger partial charge >= 0.3 is 11.9 Å². The smallest absolute Gasteiger partial charge is 0.338 e. The van der Waals surface area contributed by atoms with Crippen molar-refractivity contribution in [3.63, 3.8) is 0 Å². The first-order valence-electron chi connectivity index (χ1n) is 7.61. The minimum absolute atomic E-state index is 0.0178. The molecule has 0 unspecified atom stereocenters. The van der Waals surface area contributed by atoms with Crippen molar-refractivity contribution in [2.45, 2.75) is 59.3 Å². The second-order valence-corrected chi connectivity index (χ2v) is 7.78. The first-order chi connectivity index (χ1) is 10.3. The maximum atomic E-state index is 10.4. The van der Waals surface area contributed by atoms with E-state index < -0.39 is 11.9 Å². The summed E-state index contributed by atoms with van der Waals surface area (Å²) in [6.45, 7) is 14.9. The number of hydrogen-bond donors (Lipinski definition) is 1. The van der Waals surface area contributed by atoms with Crippen LogP contribution in [0.4, 0.5) is 0 Å². The highest BCUT2D eigenvalue weighted by atomic mass is 16.6. The van der Waals surface area contributed by atoms with Crippen LogP contribution in [0.2, 0.25) is 0 Å². The van der Waals surface area contributed by atoms with E-state index in [2.05, 4.69) is 65.3 Å². The maximum Gasteiger partial charge on any atom is 0.338 e. The van der Waals surface area contributed by atoms with Gasteiger partial charge in [-0.1, -0.05) is 59.2 Å². The van der Waals surface area contributed by atoms with Crippen LogP contribution in [0.1, 0.15) is 58.2 Å². The van der Waals surface area contributed by atoms with Gasteiger partial charge in [-0.15, -0.1) is 0 Å². The summed E-state index contributed by atoms with van der Waals surface area (Å²) in [6.07, 6.45) is 2.17. The Morgan fingerprint density at radius 1 is 0.826 bits per heavy atom. The normalized spacial score (nSPS) is 14.4. The topological polar surface area (TPSA) is 63.6 Å². The molecule has 1 heterocycles. The number of phenols is 1. The molecule has 23 heavy (non-hydrogen) atoms. The Bertz CT molecular complexity index is 589. The molecule has 0 saturated carbocycles. The van der Waals surface area contributed by atoms with Gasteiger partial charge in [0, 0.05) is 12.2 Å². The first kappa shape index (κ1) is 18.9. The van der Waals surface area contributed by atoms with Crippen molar-refractivity contribution >= 4 is 11.9 Å². The van der Waals surface area contributed by atoms with Gasteiger partial charge in [0.25, 0.3) is 0 Å². The molecule has 1 N–H and O–H groups in total. The molecule has 126 valence electrons. The van der Waals surface area contributed by atoms with E-state index in [1.165, 1.54) is 5.56 Å². The highest BCUT2D eigenvalue weighted by molar-refractivity contribution is 6.04. The molecule has 4 heteroatoms. The third kappa shape index (κ3) is 5.23. The zero-order chi connectivity index (χ0) is 18.0. The summed E-state index contributed by atoms with van der Waals surface area (Å²) in [5, 5.41) is 10.4. The van der Waals surface area contributed by atoms with Crippen LogP contribution in [0.3, 0.4) is 0 Å². The van der Waals surface area contributed by atoms with Gasteiger partial charge < -0.3 is 9.84 Å². The Hall–Kier alpha value is -2.10. The van der Waals surface area contributed by atoms with E-state index in [1.807, 2.05) is 0 Å². The SMILES string of the molecule is Cc1cc(C(C)(C)C)c(O)c(C(C)(C)C)c1.O=C1C=CC(=O)O1. The molecule has 1 aliphatic rings. The van der Waals surface area contributed by atoms with Gasteiger partial charge in [0.1, 0.15) is 5.75 Å². The van der Waals surface area contributed by atoms with Gasteiger partial charge in [-0.3, -0.25) is 0 Å². The van der Waals surface area contributed by atoms with E-state index in [0.29, 0.717) is 5.75 Å². The van der Waals surface area contributed by atoms with Gasteiger partial charge in [0.15, 0.2) is 0 Å². The van der Waals surface area contributed by atoms with E-state index in [1.54, 1.807) is 0 Å². The van der Waals surface area contributed by atoms with E-state index in [9.17, 15) is 14.7 Å². The molecule has 0 radical (unpaired) electrons. The fourth-order valence-electron chi connectivity index (χ4n) is 2.23. The zero-order valence-corrected chi connectivity index (χ0v) is 15.0. The predicted octanol–water partition coefficient (Wildman–Crippen LogP) is 3.92. The second-order valence-electron chi connectivity index (χ2n) is 7.78. The van der Waals surface area contributed by atoms with Crippen LogP contribution in [0.15, 0.2) is 24.3 Å². The first-order valence-corrected chi connectivity index (χ1v) is 7.61. The Morgan fingerprint density at radius 3 is 1.39 bits per heavy atom. The second kappa shape index (κ2) is 6.57. The van der Waals surface area contributed by atoms with Gasteiger partial charge in [0.2, 0.25) is 0 Å². The van der Waals surface area contributed by atoms with E-state index >= 15 is 0 Å². The van der Waals surface area contributed by atoms with Crippen LogP contribution in [-0.4, -0.2) is 17.0 Å². The lowest BCUT2D eigenvalue weighted by Gasteiger charge is -2.27. The third-order valence-corrected chi connectivity index (χ3v) is 3.43. The molecule has 0 saturated heterocycles. The fourth-order valence-corrected chi connectivity index (χ4v) is 2.23. The summed E-state index contributed by atoms with van der Waals surface area (Å²) in [4.78, 5) is 19.8. The third-order valence-electron chi connectivity index (χ3n) is 3.43. The number of rotatable bonds is 0. The van der Waals surface area contributed by atoms with Crippen LogP contribution >= 0.6 is 0 Å². The number of benzene rings is 1. The van der Waals surface area contributed by atoms with Gasteiger partial charge in [0.05, 0.1) is 0 Å². The Kier molecular flexibility index (Phi) is 5.41. The predicted molar refractivity (Wildman–Crippen MR) is 90.5 cm³/mol. The number of aromatic hydroxyl groups is 1. The number of phenolic OH excluding ortho intramolecular Hbond substituents is 1. The molecule has 0 aliphatic carbocycles. The summed E-state index contributed by atoms with van der Waals surface area (Å²) in [7, 11) is 0. The molecule has 0 aromatic heterocycles. The van der Waals surface area contributed by atoms with E-state index in [-0.39, 0.29) is 10.8 Å². The summed E-state index contributed by atoms with van der Waals surface area (Å²) in [5.41, 5.74) is 3.26. The Labute approximate surface area is 138 Å². The molecule has 0 amide bonds. The van der Waals surface area contributed by atoms with Gasteiger partial charge in [-0.05, 0) is 28.9 Å². The van der Waals surface area contributed by atoms with E-state index in [0.717, 1.165) is 23.3 Å². The standard InChI is InChI=1S/C15H24O.C4H2O3/c1-10-8-11(14(2,3)4)13(16)12(9-10)15(5,6)7;5-3-1-2-4(6)7-3/h8-9,16H,1-7H3;1-2H. The molecule has 0 bridgehead atoms. The summed E-state index contributed by atoms with van der Waals surface area (Å²) < 4.78 is 3.97. The Balaban J connectivity index is 0.000000313. The zero-order valence-electron chi connectivity index (χ0n) is 15.0. The lowest BCUT2D eigenvalue weighted by atomic mass is 9.78. The van der Waals surface area contributed by atoms with Crippen LogP contribution in [0.25, 0.3) is 0 Å². The molecule has 0 atom stereocenters. The Morgan fingerprint density at radius 2 is 1.17 bits per heavy atom. The van der Waals surface area contributed by atoms with Crippen LogP contribution in [0, 0.1) is 6.92 Å². The van der Waals surface area contributed by atoms with Crippen molar-refractivity contribution in [1.82, 2.24) is 0 Å².